The number of carbonyl (C=O) groups excluding carboxylic acids is 2. The van der Waals surface area contributed by atoms with Crippen molar-refractivity contribution >= 4 is 19.8 Å². The minimum Gasteiger partial charge on any atom is -0.462 e. The van der Waals surface area contributed by atoms with Crippen LogP contribution in [0.4, 0.5) is 0 Å². The van der Waals surface area contributed by atoms with E-state index in [2.05, 4.69) is 30.2 Å². The molecule has 2 N–H and O–H groups in total. The zero-order valence-electron chi connectivity index (χ0n) is 32.1. The van der Waals surface area contributed by atoms with E-state index in [1.807, 2.05) is 6.08 Å². The quantitative estimate of drug-likeness (QED) is 0.0278. The minimum absolute atomic E-state index is 0.211. The molecule has 8 nitrogen and oxygen atoms in total. The lowest BCUT2D eigenvalue weighted by Crippen LogP contribution is -2.29. The molecule has 0 unspecified atom stereocenters. The summed E-state index contributed by atoms with van der Waals surface area (Å²) < 4.78 is 26.4. The van der Waals surface area contributed by atoms with Gasteiger partial charge < -0.3 is 19.3 Å². The second kappa shape index (κ2) is 37.3. The fourth-order valence-electron chi connectivity index (χ4n) is 6.00. The number of ether oxygens (including phenoxy) is 2. The van der Waals surface area contributed by atoms with Crippen molar-refractivity contribution in [3.63, 3.8) is 0 Å². The smallest absolute Gasteiger partial charge is 0.462 e. The first-order valence-corrected chi connectivity index (χ1v) is 22.1. The van der Waals surface area contributed by atoms with Gasteiger partial charge in [-0.15, -0.1) is 6.58 Å². The van der Waals surface area contributed by atoms with Crippen LogP contribution < -0.4 is 0 Å². The minimum atomic E-state index is -4.75. The van der Waals surface area contributed by atoms with Crippen LogP contribution in [0.15, 0.2) is 24.8 Å². The zero-order chi connectivity index (χ0) is 36.8. The van der Waals surface area contributed by atoms with Gasteiger partial charge in [0.15, 0.2) is 6.10 Å². The highest BCUT2D eigenvalue weighted by Gasteiger charge is 2.22. The van der Waals surface area contributed by atoms with Gasteiger partial charge in [0.1, 0.15) is 6.61 Å². The average Bonchev–Trinajstić information content (AvgIpc) is 3.08. The van der Waals surface area contributed by atoms with Crippen LogP contribution in [0.25, 0.3) is 0 Å². The van der Waals surface area contributed by atoms with E-state index in [1.54, 1.807) is 0 Å². The van der Waals surface area contributed by atoms with Gasteiger partial charge in [-0.1, -0.05) is 160 Å². The molecule has 0 aromatic rings. The van der Waals surface area contributed by atoms with Crippen LogP contribution in [0, 0.1) is 0 Å². The van der Waals surface area contributed by atoms with Crippen LogP contribution in [0.3, 0.4) is 0 Å². The summed E-state index contributed by atoms with van der Waals surface area (Å²) in [6.07, 6.45) is 40.7. The van der Waals surface area contributed by atoms with Gasteiger partial charge in [-0.05, 0) is 51.4 Å². The van der Waals surface area contributed by atoms with E-state index in [0.29, 0.717) is 6.42 Å². The van der Waals surface area contributed by atoms with Crippen molar-refractivity contribution in [1.82, 2.24) is 0 Å². The van der Waals surface area contributed by atoms with E-state index >= 15 is 0 Å². The molecule has 0 saturated carbocycles. The van der Waals surface area contributed by atoms with Crippen molar-refractivity contribution < 1.29 is 37.9 Å². The number of phosphoric ester groups is 1. The van der Waals surface area contributed by atoms with Crippen LogP contribution in [0.2, 0.25) is 0 Å². The Morgan fingerprint density at radius 3 is 1.36 bits per heavy atom. The molecule has 0 aliphatic carbocycles. The molecule has 0 radical (unpaired) electrons. The lowest BCUT2D eigenvalue weighted by Gasteiger charge is -2.18. The number of hydrogen-bond donors (Lipinski definition) is 2. The van der Waals surface area contributed by atoms with Gasteiger partial charge in [-0.2, -0.15) is 0 Å². The third-order valence-electron chi connectivity index (χ3n) is 9.09. The van der Waals surface area contributed by atoms with E-state index in [4.69, 9.17) is 19.3 Å². The third kappa shape index (κ3) is 39.3. The summed E-state index contributed by atoms with van der Waals surface area (Å²) >= 11 is 0. The normalized spacial score (nSPS) is 12.4. The van der Waals surface area contributed by atoms with Gasteiger partial charge in [0.05, 0.1) is 6.61 Å². The number of carbonyl (C=O) groups is 2. The van der Waals surface area contributed by atoms with Gasteiger partial charge in [-0.3, -0.25) is 14.1 Å². The fourth-order valence-corrected chi connectivity index (χ4v) is 6.36. The highest BCUT2D eigenvalue weighted by atomic mass is 31.2. The molecule has 0 rings (SSSR count). The molecule has 0 bridgehead atoms. The number of esters is 2. The van der Waals surface area contributed by atoms with Crippen LogP contribution in [-0.2, 0) is 28.2 Å². The van der Waals surface area contributed by atoms with Crippen molar-refractivity contribution in [3.05, 3.63) is 24.8 Å². The van der Waals surface area contributed by atoms with Crippen LogP contribution in [0.1, 0.15) is 206 Å². The Balaban J connectivity index is 3.89. The molecule has 9 heteroatoms. The van der Waals surface area contributed by atoms with Crippen molar-refractivity contribution in [2.45, 2.75) is 212 Å². The lowest BCUT2D eigenvalue weighted by atomic mass is 10.0. The highest BCUT2D eigenvalue weighted by Crippen LogP contribution is 2.36. The molecule has 0 spiro atoms. The summed E-state index contributed by atoms with van der Waals surface area (Å²) in [5.41, 5.74) is 0. The first-order chi connectivity index (χ1) is 24.3. The number of hydrogen-bond acceptors (Lipinski definition) is 6. The van der Waals surface area contributed by atoms with Crippen molar-refractivity contribution in [3.8, 4) is 0 Å². The summed E-state index contributed by atoms with van der Waals surface area (Å²) in [5.74, 6) is -0.886. The van der Waals surface area contributed by atoms with Gasteiger partial charge in [0, 0.05) is 12.8 Å². The molecule has 0 aliphatic heterocycles. The Kier molecular flexibility index (Phi) is 36.2. The Bertz CT molecular complexity index is 856. The molecular formula is C41H77O8P. The number of rotatable bonds is 39. The maximum absolute atomic E-state index is 12.4. The highest BCUT2D eigenvalue weighted by molar-refractivity contribution is 7.46. The zero-order valence-corrected chi connectivity index (χ0v) is 33.0. The first-order valence-electron chi connectivity index (χ1n) is 20.6. The molecule has 0 aromatic heterocycles. The molecule has 0 saturated heterocycles. The summed E-state index contributed by atoms with van der Waals surface area (Å²) in [4.78, 5) is 42.8. The number of phosphoric acid groups is 1. The van der Waals surface area contributed by atoms with Gasteiger partial charge in [0.2, 0.25) is 0 Å². The first kappa shape index (κ1) is 48.5. The van der Waals surface area contributed by atoms with Gasteiger partial charge >= 0.3 is 19.8 Å². The standard InChI is InChI=1S/C41H77O8P/c1-3-5-7-9-11-13-15-17-19-20-22-23-25-27-29-31-33-35-40(42)47-37-39(38-48-50(44,45)46)49-41(43)36-34-32-30-28-26-24-21-18-16-14-12-10-8-6-4-2/h4,17,19,39H,2-3,5-16,18,20-38H2,1H3,(H2,44,45,46)/b19-17+/t39-/m1/s1. The maximum Gasteiger partial charge on any atom is 0.469 e. The number of unbranched alkanes of at least 4 members (excludes halogenated alkanes) is 26. The van der Waals surface area contributed by atoms with E-state index in [-0.39, 0.29) is 19.4 Å². The van der Waals surface area contributed by atoms with Crippen molar-refractivity contribution in [2.24, 2.45) is 0 Å². The molecule has 0 aliphatic rings. The molecule has 1 atom stereocenters. The molecule has 294 valence electrons. The predicted octanol–water partition coefficient (Wildman–Crippen LogP) is 12.4. The van der Waals surface area contributed by atoms with E-state index in [1.165, 1.54) is 122 Å². The monoisotopic (exact) mass is 729 g/mol. The Morgan fingerprint density at radius 1 is 0.560 bits per heavy atom. The van der Waals surface area contributed by atoms with Gasteiger partial charge in [0.25, 0.3) is 0 Å². The van der Waals surface area contributed by atoms with E-state index in [9.17, 15) is 14.2 Å². The molecule has 0 aromatic carbocycles. The summed E-state index contributed by atoms with van der Waals surface area (Å²) in [6.45, 7) is 5.20. The van der Waals surface area contributed by atoms with Crippen LogP contribution in [0.5, 0.6) is 0 Å². The maximum atomic E-state index is 12.4. The SMILES string of the molecule is C=CCCCCCCCCCCCCCCCC(=O)O[C@H](COC(=O)CCCCCCCCC/C=C/CCCCCCCC)COP(=O)(O)O. The van der Waals surface area contributed by atoms with Crippen LogP contribution in [-0.4, -0.2) is 41.0 Å². The van der Waals surface area contributed by atoms with Gasteiger partial charge in [-0.25, -0.2) is 4.57 Å². The third-order valence-corrected chi connectivity index (χ3v) is 9.57. The Morgan fingerprint density at radius 2 is 0.940 bits per heavy atom. The predicted molar refractivity (Wildman–Crippen MR) is 207 cm³/mol. The fraction of sp³-hybridized carbons (Fsp3) is 0.854. The second-order valence-electron chi connectivity index (χ2n) is 14.0. The molecular weight excluding hydrogens is 651 g/mol. The average molecular weight is 729 g/mol. The molecule has 50 heavy (non-hydrogen) atoms. The lowest BCUT2D eigenvalue weighted by molar-refractivity contribution is -0.161. The number of allylic oxidation sites excluding steroid dienone is 3. The van der Waals surface area contributed by atoms with Crippen molar-refractivity contribution in [1.29, 1.82) is 0 Å². The van der Waals surface area contributed by atoms with Crippen molar-refractivity contribution in [2.75, 3.05) is 13.2 Å². The largest absolute Gasteiger partial charge is 0.469 e. The topological polar surface area (TPSA) is 119 Å². The molecule has 0 amide bonds. The summed E-state index contributed by atoms with van der Waals surface area (Å²) in [6, 6.07) is 0. The van der Waals surface area contributed by atoms with E-state index < -0.39 is 32.5 Å². The van der Waals surface area contributed by atoms with Crippen LogP contribution >= 0.6 is 7.82 Å². The van der Waals surface area contributed by atoms with E-state index in [0.717, 1.165) is 57.8 Å². The molecule has 0 heterocycles. The Hall–Kier alpha value is -1.47. The molecule has 0 fully saturated rings. The summed E-state index contributed by atoms with van der Waals surface area (Å²) in [5, 5.41) is 0. The summed E-state index contributed by atoms with van der Waals surface area (Å²) in [7, 11) is -4.75. The second-order valence-corrected chi connectivity index (χ2v) is 15.3. The Labute approximate surface area is 307 Å².